The number of aryl methyl sites for hydroxylation is 1. The molecule has 0 fully saturated rings. The number of rotatable bonds is 6. The molecule has 0 aromatic heterocycles. The van der Waals surface area contributed by atoms with Gasteiger partial charge in [-0.2, -0.15) is 0 Å². The molecule has 2 atom stereocenters. The second kappa shape index (κ2) is 10.8. The summed E-state index contributed by atoms with van der Waals surface area (Å²) < 4.78 is 14.8. The first-order valence-corrected chi connectivity index (χ1v) is 14.0. The molecule has 39 heavy (non-hydrogen) atoms. The van der Waals surface area contributed by atoms with Crippen LogP contribution in [0.4, 0.5) is 4.39 Å². The maximum Gasteiger partial charge on any atom is 0.237 e. The van der Waals surface area contributed by atoms with Gasteiger partial charge in [-0.25, -0.2) is 4.39 Å². The van der Waals surface area contributed by atoms with E-state index in [0.29, 0.717) is 18.0 Å². The van der Waals surface area contributed by atoms with Crippen LogP contribution in [0.2, 0.25) is 0 Å². The average molecular weight is 519 g/mol. The molecule has 0 bridgehead atoms. The van der Waals surface area contributed by atoms with Gasteiger partial charge in [-0.3, -0.25) is 9.69 Å². The minimum Gasteiger partial charge on any atom is -0.333 e. The Morgan fingerprint density at radius 1 is 0.821 bits per heavy atom. The molecule has 4 heteroatoms. The van der Waals surface area contributed by atoms with Gasteiger partial charge in [-0.05, 0) is 65.1 Å². The third kappa shape index (κ3) is 5.02. The molecule has 0 N–H and O–H groups in total. The fraction of sp³-hybridized carbons (Fsp3) is 0.286. The summed E-state index contributed by atoms with van der Waals surface area (Å²) in [5.41, 5.74) is 8.21. The average Bonchev–Trinajstić information content (AvgIpc) is 3.37. The van der Waals surface area contributed by atoms with Gasteiger partial charge in [0.05, 0.1) is 12.6 Å². The molecule has 1 aliphatic carbocycles. The third-order valence-corrected chi connectivity index (χ3v) is 8.61. The molecule has 1 amide bonds. The van der Waals surface area contributed by atoms with Gasteiger partial charge in [-0.1, -0.05) is 97.9 Å². The van der Waals surface area contributed by atoms with Crippen LogP contribution in [0.5, 0.6) is 0 Å². The summed E-state index contributed by atoms with van der Waals surface area (Å²) in [4.78, 5) is 18.6. The molecule has 1 heterocycles. The molecule has 3 nitrogen and oxygen atoms in total. The van der Waals surface area contributed by atoms with Crippen LogP contribution in [-0.2, 0) is 24.2 Å². The Hall–Kier alpha value is -3.76. The highest BCUT2D eigenvalue weighted by atomic mass is 19.1. The minimum atomic E-state index is -0.260. The van der Waals surface area contributed by atoms with E-state index in [4.69, 9.17) is 0 Å². The van der Waals surface area contributed by atoms with Crippen LogP contribution in [0, 0.1) is 12.7 Å². The molecule has 2 aliphatic rings. The first kappa shape index (κ1) is 25.5. The fourth-order valence-electron chi connectivity index (χ4n) is 6.63. The molecular formula is C35H35FN2O. The Kier molecular flexibility index (Phi) is 7.05. The number of benzene rings is 4. The maximum atomic E-state index is 14.8. The van der Waals surface area contributed by atoms with Crippen molar-refractivity contribution < 1.29 is 9.18 Å². The van der Waals surface area contributed by atoms with E-state index in [2.05, 4.69) is 91.5 Å². The lowest BCUT2D eigenvalue weighted by Crippen LogP contribution is -2.48. The number of halogens is 1. The van der Waals surface area contributed by atoms with Crippen molar-refractivity contribution in [3.63, 3.8) is 0 Å². The summed E-state index contributed by atoms with van der Waals surface area (Å²) in [5.74, 6) is 0.107. The van der Waals surface area contributed by atoms with Crippen LogP contribution in [0.25, 0.3) is 0 Å². The lowest BCUT2D eigenvalue weighted by Gasteiger charge is -2.42. The molecule has 0 radical (unpaired) electrons. The lowest BCUT2D eigenvalue weighted by molar-refractivity contribution is -0.136. The summed E-state index contributed by atoms with van der Waals surface area (Å²) in [7, 11) is 0. The first-order chi connectivity index (χ1) is 19.0. The van der Waals surface area contributed by atoms with Crippen LogP contribution < -0.4 is 0 Å². The predicted molar refractivity (Wildman–Crippen MR) is 154 cm³/mol. The van der Waals surface area contributed by atoms with Crippen LogP contribution in [0.15, 0.2) is 97.1 Å². The van der Waals surface area contributed by atoms with Crippen molar-refractivity contribution in [2.45, 2.75) is 51.2 Å². The highest BCUT2D eigenvalue weighted by Crippen LogP contribution is 2.41. The molecular weight excluding hydrogens is 483 g/mol. The molecule has 0 spiro atoms. The number of nitrogens with zero attached hydrogens (tertiary/aromatic N) is 2. The quantitative estimate of drug-likeness (QED) is 0.279. The number of carbonyl (C=O) groups is 1. The van der Waals surface area contributed by atoms with E-state index in [9.17, 15) is 9.18 Å². The smallest absolute Gasteiger partial charge is 0.237 e. The van der Waals surface area contributed by atoms with Crippen LogP contribution >= 0.6 is 0 Å². The van der Waals surface area contributed by atoms with Crippen molar-refractivity contribution in [1.29, 1.82) is 0 Å². The summed E-state index contributed by atoms with van der Waals surface area (Å²) >= 11 is 0. The van der Waals surface area contributed by atoms with Crippen LogP contribution in [0.1, 0.15) is 57.8 Å². The number of hydrogen-bond donors (Lipinski definition) is 0. The van der Waals surface area contributed by atoms with Gasteiger partial charge in [0.25, 0.3) is 0 Å². The minimum absolute atomic E-state index is 0.00126. The monoisotopic (exact) mass is 518 g/mol. The van der Waals surface area contributed by atoms with Crippen molar-refractivity contribution in [2.75, 3.05) is 13.1 Å². The molecule has 0 unspecified atom stereocenters. The highest BCUT2D eigenvalue weighted by molar-refractivity contribution is 5.79. The van der Waals surface area contributed by atoms with E-state index < -0.39 is 0 Å². The number of carbonyl (C=O) groups excluding carboxylic acids is 1. The highest BCUT2D eigenvalue weighted by Gasteiger charge is 2.37. The van der Waals surface area contributed by atoms with E-state index >= 15 is 0 Å². The lowest BCUT2D eigenvalue weighted by atomic mass is 9.82. The maximum absolute atomic E-state index is 14.8. The summed E-state index contributed by atoms with van der Waals surface area (Å²) in [5, 5.41) is 0. The van der Waals surface area contributed by atoms with Crippen molar-refractivity contribution in [3.05, 3.63) is 142 Å². The number of amides is 1. The van der Waals surface area contributed by atoms with Gasteiger partial charge in [-0.15, -0.1) is 0 Å². The van der Waals surface area contributed by atoms with Gasteiger partial charge >= 0.3 is 0 Å². The Morgan fingerprint density at radius 3 is 2.10 bits per heavy atom. The van der Waals surface area contributed by atoms with Gasteiger partial charge < -0.3 is 4.90 Å². The summed E-state index contributed by atoms with van der Waals surface area (Å²) in [6.07, 6.45) is 1.60. The van der Waals surface area contributed by atoms with Gasteiger partial charge in [0.15, 0.2) is 0 Å². The van der Waals surface area contributed by atoms with Crippen molar-refractivity contribution in [3.8, 4) is 0 Å². The van der Waals surface area contributed by atoms with E-state index in [1.807, 2.05) is 11.0 Å². The van der Waals surface area contributed by atoms with Gasteiger partial charge in [0.2, 0.25) is 5.91 Å². The Morgan fingerprint density at radius 2 is 1.41 bits per heavy atom. The first-order valence-electron chi connectivity index (χ1n) is 14.0. The summed E-state index contributed by atoms with van der Waals surface area (Å²) in [6.45, 7) is 5.75. The zero-order valence-electron chi connectivity index (χ0n) is 22.7. The van der Waals surface area contributed by atoms with Crippen LogP contribution in [0.3, 0.4) is 0 Å². The van der Waals surface area contributed by atoms with Crippen molar-refractivity contribution in [2.24, 2.45) is 0 Å². The van der Waals surface area contributed by atoms with E-state index in [0.717, 1.165) is 19.4 Å². The fourth-order valence-corrected chi connectivity index (χ4v) is 6.63. The molecule has 0 saturated carbocycles. The molecule has 4 aromatic carbocycles. The van der Waals surface area contributed by atoms with E-state index in [-0.39, 0.29) is 30.4 Å². The van der Waals surface area contributed by atoms with Crippen molar-refractivity contribution in [1.82, 2.24) is 9.80 Å². The number of hydrogen-bond acceptors (Lipinski definition) is 2. The second-order valence-corrected chi connectivity index (χ2v) is 11.2. The number of fused-ring (bicyclic) bond motifs is 2. The largest absolute Gasteiger partial charge is 0.333 e. The SMILES string of the molecule is Cc1ccccc1[C@H]1c2ccccc2[C@H](C)CN1CC(=O)N(Cc1ccccc1F)C1Cc2ccccc2C1. The molecule has 198 valence electrons. The predicted octanol–water partition coefficient (Wildman–Crippen LogP) is 6.84. The van der Waals surface area contributed by atoms with Gasteiger partial charge in [0.1, 0.15) is 5.82 Å². The van der Waals surface area contributed by atoms with E-state index in [1.54, 1.807) is 12.1 Å². The normalized spacial score (nSPS) is 18.9. The van der Waals surface area contributed by atoms with Crippen molar-refractivity contribution >= 4 is 5.91 Å². The molecule has 0 saturated heterocycles. The summed E-state index contributed by atoms with van der Waals surface area (Å²) in [6, 6.07) is 32.4. The third-order valence-electron chi connectivity index (χ3n) is 8.61. The van der Waals surface area contributed by atoms with Crippen LogP contribution in [-0.4, -0.2) is 34.8 Å². The molecule has 1 aliphatic heterocycles. The zero-order valence-corrected chi connectivity index (χ0v) is 22.7. The standard InChI is InChI=1S/C35H35FN2O/c1-24-11-3-7-16-31(24)35-32-17-9-8-15-30(32)25(2)21-37(35)23-34(39)38(22-28-14-6-10-18-33(28)36)29-19-26-12-4-5-13-27(26)20-29/h3-18,25,29,35H,19-23H2,1-2H3/t25-,35+/m1/s1. The van der Waals surface area contributed by atoms with Gasteiger partial charge in [0, 0.05) is 24.7 Å². The molecule has 6 rings (SSSR count). The molecule has 4 aromatic rings. The Bertz CT molecular complexity index is 1470. The topological polar surface area (TPSA) is 23.6 Å². The zero-order chi connectivity index (χ0) is 26.9. The second-order valence-electron chi connectivity index (χ2n) is 11.2. The Labute approximate surface area is 230 Å². The van der Waals surface area contributed by atoms with E-state index in [1.165, 1.54) is 39.4 Å². The Balaban J connectivity index is 1.34.